The molecule has 0 saturated carbocycles. The molecule has 0 amide bonds. The van der Waals surface area contributed by atoms with Gasteiger partial charge in [0.05, 0.1) is 11.0 Å². The number of halogens is 1. The molecule has 1 heterocycles. The van der Waals surface area contributed by atoms with Gasteiger partial charge in [-0.3, -0.25) is 4.79 Å². The van der Waals surface area contributed by atoms with Crippen molar-refractivity contribution < 1.29 is 9.90 Å². The number of aromatic nitrogens is 2. The Hall–Kier alpha value is -1.59. The van der Waals surface area contributed by atoms with Crippen LogP contribution in [0.4, 0.5) is 0 Å². The van der Waals surface area contributed by atoms with Gasteiger partial charge in [-0.15, -0.1) is 12.4 Å². The van der Waals surface area contributed by atoms with Gasteiger partial charge in [-0.1, -0.05) is 12.1 Å². The zero-order valence-corrected chi connectivity index (χ0v) is 9.91. The number of hydrogen-bond acceptors (Lipinski definition) is 3. The number of aliphatic carboxylic acids is 1. The monoisotopic (exact) mass is 255 g/mol. The van der Waals surface area contributed by atoms with E-state index in [0.29, 0.717) is 12.8 Å². The molecule has 0 bridgehead atoms. The fourth-order valence-corrected chi connectivity index (χ4v) is 1.54. The van der Waals surface area contributed by atoms with Gasteiger partial charge in [0, 0.05) is 6.42 Å². The SMILES string of the molecule is Cl.NC(CCc1nc2ccccc2[nH]1)C(=O)O. The van der Waals surface area contributed by atoms with E-state index in [1.165, 1.54) is 0 Å². The zero-order valence-electron chi connectivity index (χ0n) is 9.09. The summed E-state index contributed by atoms with van der Waals surface area (Å²) in [4.78, 5) is 18.0. The molecule has 0 fully saturated rings. The highest BCUT2D eigenvalue weighted by molar-refractivity contribution is 5.85. The van der Waals surface area contributed by atoms with E-state index >= 15 is 0 Å². The van der Waals surface area contributed by atoms with Crippen molar-refractivity contribution in [3.05, 3.63) is 30.1 Å². The largest absolute Gasteiger partial charge is 0.480 e. The van der Waals surface area contributed by atoms with Crippen molar-refractivity contribution in [1.29, 1.82) is 0 Å². The van der Waals surface area contributed by atoms with Gasteiger partial charge in [-0.25, -0.2) is 4.98 Å². The molecule has 92 valence electrons. The Bertz CT molecular complexity index is 479. The number of imidazole rings is 1. The molecule has 0 aliphatic rings. The predicted molar refractivity (Wildman–Crippen MR) is 67.3 cm³/mol. The number of benzene rings is 1. The van der Waals surface area contributed by atoms with Crippen molar-refractivity contribution in [1.82, 2.24) is 9.97 Å². The van der Waals surface area contributed by atoms with Gasteiger partial charge in [0.2, 0.25) is 0 Å². The summed E-state index contributed by atoms with van der Waals surface area (Å²) in [6.07, 6.45) is 0.928. The number of para-hydroxylation sites is 2. The number of rotatable bonds is 4. The molecule has 4 N–H and O–H groups in total. The second kappa shape index (κ2) is 5.65. The van der Waals surface area contributed by atoms with Crippen LogP contribution in [0.2, 0.25) is 0 Å². The zero-order chi connectivity index (χ0) is 11.5. The molecular formula is C11H14ClN3O2. The number of nitrogens with two attached hydrogens (primary N) is 1. The van der Waals surface area contributed by atoms with Gasteiger partial charge in [-0.05, 0) is 18.6 Å². The molecule has 2 rings (SSSR count). The smallest absolute Gasteiger partial charge is 0.320 e. The van der Waals surface area contributed by atoms with Gasteiger partial charge in [0.15, 0.2) is 0 Å². The van der Waals surface area contributed by atoms with E-state index in [9.17, 15) is 4.79 Å². The number of hydrogen-bond donors (Lipinski definition) is 3. The Morgan fingerprint density at radius 3 is 2.82 bits per heavy atom. The van der Waals surface area contributed by atoms with Gasteiger partial charge in [0.1, 0.15) is 11.9 Å². The average Bonchev–Trinajstić information content (AvgIpc) is 2.68. The van der Waals surface area contributed by atoms with Crippen molar-refractivity contribution in [2.24, 2.45) is 5.73 Å². The Kier molecular flexibility index (Phi) is 4.48. The van der Waals surface area contributed by atoms with Crippen molar-refractivity contribution in [2.45, 2.75) is 18.9 Å². The molecule has 1 aromatic heterocycles. The molecule has 0 spiro atoms. The Balaban J connectivity index is 0.00000144. The number of H-pyrrole nitrogens is 1. The Morgan fingerprint density at radius 1 is 1.47 bits per heavy atom. The van der Waals surface area contributed by atoms with Crippen LogP contribution in [-0.2, 0) is 11.2 Å². The molecule has 1 atom stereocenters. The number of nitrogens with zero attached hydrogens (tertiary/aromatic N) is 1. The third kappa shape index (κ3) is 3.18. The number of carboxylic acid groups (broad SMARTS) is 1. The van der Waals surface area contributed by atoms with E-state index in [-0.39, 0.29) is 12.4 Å². The number of fused-ring (bicyclic) bond motifs is 1. The first-order valence-corrected chi connectivity index (χ1v) is 5.09. The highest BCUT2D eigenvalue weighted by atomic mass is 35.5. The molecule has 2 aromatic rings. The molecule has 17 heavy (non-hydrogen) atoms. The summed E-state index contributed by atoms with van der Waals surface area (Å²) < 4.78 is 0. The number of carboxylic acids is 1. The molecule has 1 aromatic carbocycles. The lowest BCUT2D eigenvalue weighted by molar-refractivity contribution is -0.138. The van der Waals surface area contributed by atoms with Crippen LogP contribution in [0, 0.1) is 0 Å². The lowest BCUT2D eigenvalue weighted by Gasteiger charge is -2.03. The van der Waals surface area contributed by atoms with Crippen molar-refractivity contribution in [3.8, 4) is 0 Å². The first-order valence-electron chi connectivity index (χ1n) is 5.09. The van der Waals surface area contributed by atoms with E-state index < -0.39 is 12.0 Å². The van der Waals surface area contributed by atoms with Crippen molar-refractivity contribution in [2.75, 3.05) is 0 Å². The van der Waals surface area contributed by atoms with Crippen molar-refractivity contribution in [3.63, 3.8) is 0 Å². The Labute approximate surface area is 104 Å². The minimum atomic E-state index is -0.976. The minimum absolute atomic E-state index is 0. The fourth-order valence-electron chi connectivity index (χ4n) is 1.54. The van der Waals surface area contributed by atoms with Crippen LogP contribution in [-0.4, -0.2) is 27.1 Å². The summed E-state index contributed by atoms with van der Waals surface area (Å²) in [5, 5.41) is 8.64. The number of aromatic amines is 1. The van der Waals surface area contributed by atoms with E-state index in [0.717, 1.165) is 16.9 Å². The molecule has 0 radical (unpaired) electrons. The highest BCUT2D eigenvalue weighted by Gasteiger charge is 2.12. The third-order valence-corrected chi connectivity index (χ3v) is 2.45. The maximum atomic E-state index is 10.5. The molecule has 1 unspecified atom stereocenters. The van der Waals surface area contributed by atoms with Crippen LogP contribution in [0.3, 0.4) is 0 Å². The second-order valence-corrected chi connectivity index (χ2v) is 3.68. The van der Waals surface area contributed by atoms with Crippen LogP contribution in [0.5, 0.6) is 0 Å². The summed E-state index contributed by atoms with van der Waals surface area (Å²) >= 11 is 0. The van der Waals surface area contributed by atoms with Gasteiger partial charge in [-0.2, -0.15) is 0 Å². The van der Waals surface area contributed by atoms with Crippen LogP contribution < -0.4 is 5.73 Å². The first-order chi connectivity index (χ1) is 7.66. The summed E-state index contributed by atoms with van der Waals surface area (Å²) in [6, 6.07) is 6.85. The predicted octanol–water partition coefficient (Wildman–Crippen LogP) is 1.33. The maximum Gasteiger partial charge on any atom is 0.320 e. The number of nitrogens with one attached hydrogen (secondary N) is 1. The van der Waals surface area contributed by atoms with Crippen LogP contribution >= 0.6 is 12.4 Å². The van der Waals surface area contributed by atoms with E-state index in [2.05, 4.69) is 9.97 Å². The maximum absolute atomic E-state index is 10.5. The minimum Gasteiger partial charge on any atom is -0.480 e. The molecule has 0 aliphatic carbocycles. The van der Waals surface area contributed by atoms with E-state index in [1.807, 2.05) is 24.3 Å². The summed E-state index contributed by atoms with van der Waals surface area (Å²) in [7, 11) is 0. The molecule has 5 nitrogen and oxygen atoms in total. The van der Waals surface area contributed by atoms with Crippen LogP contribution in [0.25, 0.3) is 11.0 Å². The molecule has 0 saturated heterocycles. The second-order valence-electron chi connectivity index (χ2n) is 3.68. The summed E-state index contributed by atoms with van der Waals surface area (Å²) in [5.74, 6) is -0.200. The van der Waals surface area contributed by atoms with Crippen LogP contribution in [0.1, 0.15) is 12.2 Å². The number of aryl methyl sites for hydroxylation is 1. The van der Waals surface area contributed by atoms with Crippen LogP contribution in [0.15, 0.2) is 24.3 Å². The van der Waals surface area contributed by atoms with Gasteiger partial charge in [0.25, 0.3) is 0 Å². The van der Waals surface area contributed by atoms with Crippen molar-refractivity contribution >= 4 is 29.4 Å². The van der Waals surface area contributed by atoms with Gasteiger partial charge < -0.3 is 15.8 Å². The molecular weight excluding hydrogens is 242 g/mol. The number of carbonyl (C=O) groups is 1. The molecule has 6 heteroatoms. The Morgan fingerprint density at radius 2 is 2.18 bits per heavy atom. The quantitative estimate of drug-likeness (QED) is 0.769. The topological polar surface area (TPSA) is 92.0 Å². The first kappa shape index (κ1) is 13.5. The average molecular weight is 256 g/mol. The van der Waals surface area contributed by atoms with E-state index in [4.69, 9.17) is 10.8 Å². The lowest BCUT2D eigenvalue weighted by atomic mass is 10.2. The third-order valence-electron chi connectivity index (χ3n) is 2.45. The molecule has 0 aliphatic heterocycles. The van der Waals surface area contributed by atoms with Gasteiger partial charge >= 0.3 is 5.97 Å². The fraction of sp³-hybridized carbons (Fsp3) is 0.273. The van der Waals surface area contributed by atoms with E-state index in [1.54, 1.807) is 0 Å². The summed E-state index contributed by atoms with van der Waals surface area (Å²) in [5.41, 5.74) is 7.27. The normalized spacial score (nSPS) is 12.1. The highest BCUT2D eigenvalue weighted by Crippen LogP contribution is 2.11. The standard InChI is InChI=1S/C11H13N3O2.ClH/c12-7(11(15)16)5-6-10-13-8-3-1-2-4-9(8)14-10;/h1-4,7H,5-6,12H2,(H,13,14)(H,15,16);1H. The lowest BCUT2D eigenvalue weighted by Crippen LogP contribution is -2.30. The summed E-state index contributed by atoms with van der Waals surface area (Å²) in [6.45, 7) is 0.